The number of anilines is 1. The summed E-state index contributed by atoms with van der Waals surface area (Å²) >= 11 is 0. The standard InChI is InChI=1S/C26H35N3O2/c1-2-5-20(6-3-1)18-30-25-9-8-22-17-29(12-10-21(22)13-25)24-14-26(16-27-15-24)31-19-23-7-4-11-28-23/h1-3,5-6,14-16,21-23,25,28H,4,7-13,17-19H2. The summed E-state index contributed by atoms with van der Waals surface area (Å²) in [6.07, 6.45) is 11.6. The van der Waals surface area contributed by atoms with E-state index < -0.39 is 0 Å². The molecule has 1 aromatic carbocycles. The second kappa shape index (κ2) is 10.0. The Morgan fingerprint density at radius 3 is 2.84 bits per heavy atom. The third-order valence-corrected chi connectivity index (χ3v) is 7.32. The van der Waals surface area contributed by atoms with E-state index in [1.807, 2.05) is 12.4 Å². The molecule has 0 amide bonds. The molecule has 0 radical (unpaired) electrons. The number of aromatic nitrogens is 1. The topological polar surface area (TPSA) is 46.6 Å². The van der Waals surface area contributed by atoms with E-state index in [9.17, 15) is 0 Å². The van der Waals surface area contributed by atoms with Crippen molar-refractivity contribution >= 4 is 5.69 Å². The van der Waals surface area contributed by atoms with Gasteiger partial charge in [-0.25, -0.2) is 0 Å². The fourth-order valence-corrected chi connectivity index (χ4v) is 5.50. The quantitative estimate of drug-likeness (QED) is 0.717. The first-order valence-corrected chi connectivity index (χ1v) is 12.1. The molecule has 2 saturated heterocycles. The number of hydrogen-bond acceptors (Lipinski definition) is 5. The molecule has 166 valence electrons. The number of benzene rings is 1. The minimum absolute atomic E-state index is 0.413. The van der Waals surface area contributed by atoms with Crippen LogP contribution in [0, 0.1) is 11.8 Å². The van der Waals surface area contributed by atoms with Crippen molar-refractivity contribution in [3.05, 3.63) is 54.4 Å². The van der Waals surface area contributed by atoms with Crippen LogP contribution in [0.4, 0.5) is 5.69 Å². The van der Waals surface area contributed by atoms with Crippen LogP contribution in [0.1, 0.15) is 44.1 Å². The van der Waals surface area contributed by atoms with Gasteiger partial charge in [-0.3, -0.25) is 4.98 Å². The molecule has 0 spiro atoms. The molecule has 31 heavy (non-hydrogen) atoms. The lowest BCUT2D eigenvalue weighted by Crippen LogP contribution is -2.44. The van der Waals surface area contributed by atoms with Crippen molar-refractivity contribution in [1.29, 1.82) is 0 Å². The highest BCUT2D eigenvalue weighted by Crippen LogP contribution is 2.39. The van der Waals surface area contributed by atoms with Gasteiger partial charge in [0.05, 0.1) is 30.8 Å². The molecule has 3 fully saturated rings. The molecule has 4 atom stereocenters. The van der Waals surface area contributed by atoms with E-state index in [4.69, 9.17) is 9.47 Å². The molecule has 5 heteroatoms. The van der Waals surface area contributed by atoms with Crippen LogP contribution in [-0.2, 0) is 11.3 Å². The van der Waals surface area contributed by atoms with Gasteiger partial charge in [-0.1, -0.05) is 30.3 Å². The van der Waals surface area contributed by atoms with Crippen LogP contribution in [-0.4, -0.2) is 43.4 Å². The zero-order valence-corrected chi connectivity index (χ0v) is 18.4. The zero-order chi connectivity index (χ0) is 20.9. The van der Waals surface area contributed by atoms with E-state index in [1.165, 1.54) is 49.8 Å². The summed E-state index contributed by atoms with van der Waals surface area (Å²) in [6, 6.07) is 13.2. The van der Waals surface area contributed by atoms with Crippen LogP contribution in [0.3, 0.4) is 0 Å². The second-order valence-electron chi connectivity index (χ2n) is 9.47. The Bertz CT molecular complexity index is 824. The molecule has 1 saturated carbocycles. The third-order valence-electron chi connectivity index (χ3n) is 7.32. The van der Waals surface area contributed by atoms with Gasteiger partial charge in [0.15, 0.2) is 0 Å². The van der Waals surface area contributed by atoms with Crippen molar-refractivity contribution in [1.82, 2.24) is 10.3 Å². The summed E-state index contributed by atoms with van der Waals surface area (Å²) in [5.74, 6) is 2.44. The number of nitrogens with one attached hydrogen (secondary N) is 1. The van der Waals surface area contributed by atoms with Gasteiger partial charge in [0, 0.05) is 25.2 Å². The molecule has 1 aromatic heterocycles. The number of rotatable bonds is 7. The van der Waals surface area contributed by atoms with Gasteiger partial charge < -0.3 is 19.7 Å². The smallest absolute Gasteiger partial charge is 0.139 e. The minimum atomic E-state index is 0.413. The summed E-state index contributed by atoms with van der Waals surface area (Å²) in [5.41, 5.74) is 2.48. The molecule has 3 heterocycles. The van der Waals surface area contributed by atoms with Crippen molar-refractivity contribution < 1.29 is 9.47 Å². The number of piperidine rings is 1. The van der Waals surface area contributed by atoms with Crippen molar-refractivity contribution in [2.24, 2.45) is 11.8 Å². The monoisotopic (exact) mass is 421 g/mol. The number of fused-ring (bicyclic) bond motifs is 1. The molecule has 1 aliphatic carbocycles. The van der Waals surface area contributed by atoms with Crippen molar-refractivity contribution in [2.45, 2.75) is 57.3 Å². The molecule has 5 rings (SSSR count). The largest absolute Gasteiger partial charge is 0.490 e. The van der Waals surface area contributed by atoms with E-state index in [1.54, 1.807) is 0 Å². The number of ether oxygens (including phenoxy) is 2. The Morgan fingerprint density at radius 2 is 1.97 bits per heavy atom. The van der Waals surface area contributed by atoms with E-state index in [-0.39, 0.29) is 0 Å². The van der Waals surface area contributed by atoms with E-state index in [2.05, 4.69) is 51.6 Å². The first kappa shape index (κ1) is 20.8. The Hall–Kier alpha value is -2.11. The molecular formula is C26H35N3O2. The van der Waals surface area contributed by atoms with Crippen LogP contribution in [0.2, 0.25) is 0 Å². The van der Waals surface area contributed by atoms with Gasteiger partial charge in [-0.2, -0.15) is 0 Å². The maximum Gasteiger partial charge on any atom is 0.139 e. The molecular weight excluding hydrogens is 386 g/mol. The number of hydrogen-bond donors (Lipinski definition) is 1. The molecule has 4 unspecified atom stereocenters. The Balaban J connectivity index is 1.12. The maximum atomic E-state index is 6.27. The van der Waals surface area contributed by atoms with Crippen LogP contribution >= 0.6 is 0 Å². The SMILES string of the molecule is c1ccc(COC2CCC3CN(c4cncc(OCC5CCCN5)c4)CCC3C2)cc1. The van der Waals surface area contributed by atoms with Crippen LogP contribution in [0.5, 0.6) is 5.75 Å². The zero-order valence-electron chi connectivity index (χ0n) is 18.4. The van der Waals surface area contributed by atoms with Gasteiger partial charge in [-0.05, 0) is 62.5 Å². The highest BCUT2D eigenvalue weighted by molar-refractivity contribution is 5.48. The number of pyridine rings is 1. The molecule has 1 N–H and O–H groups in total. The van der Waals surface area contributed by atoms with Crippen LogP contribution < -0.4 is 15.0 Å². The van der Waals surface area contributed by atoms with Gasteiger partial charge in [0.25, 0.3) is 0 Å². The Kier molecular flexibility index (Phi) is 6.71. The van der Waals surface area contributed by atoms with Crippen molar-refractivity contribution in [2.75, 3.05) is 31.1 Å². The normalized spacial score (nSPS) is 28.3. The average Bonchev–Trinajstić information content (AvgIpc) is 3.36. The predicted molar refractivity (Wildman–Crippen MR) is 123 cm³/mol. The Labute approximate surface area is 186 Å². The summed E-state index contributed by atoms with van der Waals surface area (Å²) in [7, 11) is 0. The first-order valence-electron chi connectivity index (χ1n) is 12.1. The fourth-order valence-electron chi connectivity index (χ4n) is 5.50. The molecule has 2 aliphatic heterocycles. The van der Waals surface area contributed by atoms with Gasteiger partial charge in [0.1, 0.15) is 12.4 Å². The minimum Gasteiger partial charge on any atom is -0.490 e. The summed E-state index contributed by atoms with van der Waals surface area (Å²) in [6.45, 7) is 4.82. The highest BCUT2D eigenvalue weighted by atomic mass is 16.5. The lowest BCUT2D eigenvalue weighted by atomic mass is 9.74. The summed E-state index contributed by atoms with van der Waals surface area (Å²) in [4.78, 5) is 6.98. The van der Waals surface area contributed by atoms with E-state index >= 15 is 0 Å². The fraction of sp³-hybridized carbons (Fsp3) is 0.577. The van der Waals surface area contributed by atoms with E-state index in [0.29, 0.717) is 12.1 Å². The summed E-state index contributed by atoms with van der Waals surface area (Å²) < 4.78 is 12.3. The Morgan fingerprint density at radius 1 is 1.03 bits per heavy atom. The van der Waals surface area contributed by atoms with Crippen LogP contribution in [0.15, 0.2) is 48.8 Å². The number of nitrogens with zero attached hydrogens (tertiary/aromatic N) is 2. The third kappa shape index (κ3) is 5.39. The molecule has 0 bridgehead atoms. The van der Waals surface area contributed by atoms with Gasteiger partial charge >= 0.3 is 0 Å². The van der Waals surface area contributed by atoms with Crippen molar-refractivity contribution in [3.63, 3.8) is 0 Å². The van der Waals surface area contributed by atoms with E-state index in [0.717, 1.165) is 50.4 Å². The first-order chi connectivity index (χ1) is 15.3. The molecule has 5 nitrogen and oxygen atoms in total. The lowest BCUT2D eigenvalue weighted by Gasteiger charge is -2.44. The van der Waals surface area contributed by atoms with Crippen molar-refractivity contribution in [3.8, 4) is 5.75 Å². The van der Waals surface area contributed by atoms with Gasteiger partial charge in [-0.15, -0.1) is 0 Å². The molecule has 3 aliphatic rings. The predicted octanol–water partition coefficient (Wildman–Crippen LogP) is 4.42. The highest BCUT2D eigenvalue weighted by Gasteiger charge is 2.35. The average molecular weight is 422 g/mol. The lowest BCUT2D eigenvalue weighted by molar-refractivity contribution is -0.0167. The summed E-state index contributed by atoms with van der Waals surface area (Å²) in [5, 5.41) is 3.49. The maximum absolute atomic E-state index is 6.27. The van der Waals surface area contributed by atoms with Gasteiger partial charge in [0.2, 0.25) is 0 Å². The molecule has 2 aromatic rings. The second-order valence-corrected chi connectivity index (χ2v) is 9.47. The van der Waals surface area contributed by atoms with Crippen LogP contribution in [0.25, 0.3) is 0 Å².